The summed E-state index contributed by atoms with van der Waals surface area (Å²) in [5.74, 6) is 1.72. The topological polar surface area (TPSA) is 13.1 Å². The predicted octanol–water partition coefficient (Wildman–Crippen LogP) is 7.99. The fourth-order valence-electron chi connectivity index (χ4n) is 4.80. The van der Waals surface area contributed by atoms with Gasteiger partial charge in [-0.25, -0.2) is 0 Å². The van der Waals surface area contributed by atoms with Crippen LogP contribution in [0, 0.1) is 13.8 Å². The molecule has 0 aromatic heterocycles. The average molecular weight is 459 g/mol. The molecule has 0 fully saturated rings. The maximum atomic E-state index is 6.35. The Kier molecular flexibility index (Phi) is 6.63. The zero-order chi connectivity index (χ0) is 24.2. The second-order valence-corrected chi connectivity index (χ2v) is 9.17. The van der Waals surface area contributed by atoms with E-state index >= 15 is 0 Å². The van der Waals surface area contributed by atoms with Crippen LogP contribution in [-0.2, 0) is 11.3 Å². The predicted molar refractivity (Wildman–Crippen MR) is 146 cm³/mol. The summed E-state index contributed by atoms with van der Waals surface area (Å²) in [6, 6.07) is 29.6. The molecule has 0 spiro atoms. The molecule has 174 valence electrons. The standard InChI is InChI=1S/C33H32NO/c1-4-5-20-34-24(2)30-18-16-26(17-19-31(30)25(34)3)21-27-22-32(28-12-8-6-9-13-28)35-33(23-27)29-14-10-7-11-15-29/h6-19,21-23H,4-5,20H2,1-3H3/q+1. The van der Waals surface area contributed by atoms with Gasteiger partial charge in [0, 0.05) is 31.4 Å². The van der Waals surface area contributed by atoms with E-state index in [0.717, 1.165) is 34.8 Å². The van der Waals surface area contributed by atoms with E-state index in [9.17, 15) is 0 Å². The number of fused-ring (bicyclic) bond motifs is 1. The number of nitrogens with zero attached hydrogens (tertiary/aromatic N) is 1. The lowest BCUT2D eigenvalue weighted by Crippen LogP contribution is -2.37. The maximum Gasteiger partial charge on any atom is 0.186 e. The van der Waals surface area contributed by atoms with Crippen molar-refractivity contribution < 1.29 is 9.30 Å². The number of rotatable bonds is 6. The summed E-state index contributed by atoms with van der Waals surface area (Å²) in [6.07, 6.45) is 8.91. The molecule has 5 rings (SSSR count). The van der Waals surface area contributed by atoms with Crippen molar-refractivity contribution in [3.8, 4) is 11.1 Å². The highest BCUT2D eigenvalue weighted by Crippen LogP contribution is 2.33. The molecule has 0 unspecified atom stereocenters. The van der Waals surface area contributed by atoms with E-state index in [1.165, 1.54) is 40.9 Å². The molecule has 0 radical (unpaired) electrons. The lowest BCUT2D eigenvalue weighted by Gasteiger charge is -2.19. The summed E-state index contributed by atoms with van der Waals surface area (Å²) >= 11 is 0. The average Bonchev–Trinajstić information content (AvgIpc) is 3.02. The van der Waals surface area contributed by atoms with Crippen LogP contribution in [0.25, 0.3) is 28.7 Å². The fraction of sp³-hybridized carbons (Fsp3) is 0.182. The number of hydrogen-bond acceptors (Lipinski definition) is 1. The van der Waals surface area contributed by atoms with Gasteiger partial charge in [0.2, 0.25) is 0 Å². The van der Waals surface area contributed by atoms with Crippen molar-refractivity contribution in [2.24, 2.45) is 0 Å². The third-order valence-corrected chi connectivity index (χ3v) is 6.77. The normalized spacial score (nSPS) is 13.3. The summed E-state index contributed by atoms with van der Waals surface area (Å²) in [5.41, 5.74) is 9.79. The molecule has 0 saturated carbocycles. The molecule has 3 aliphatic rings. The van der Waals surface area contributed by atoms with Crippen LogP contribution in [0.5, 0.6) is 0 Å². The van der Waals surface area contributed by atoms with Gasteiger partial charge in [-0.1, -0.05) is 86.1 Å². The first-order chi connectivity index (χ1) is 17.1. The zero-order valence-corrected chi connectivity index (χ0v) is 20.8. The van der Waals surface area contributed by atoms with Gasteiger partial charge < -0.3 is 4.74 Å². The minimum Gasteiger partial charge on any atom is -0.456 e. The van der Waals surface area contributed by atoms with Gasteiger partial charge in [0.05, 0.1) is 11.1 Å². The first kappa shape index (κ1) is 22.9. The van der Waals surface area contributed by atoms with E-state index in [-0.39, 0.29) is 0 Å². The molecule has 2 aliphatic heterocycles. The molecule has 35 heavy (non-hydrogen) atoms. The van der Waals surface area contributed by atoms with Crippen LogP contribution in [0.3, 0.4) is 0 Å². The van der Waals surface area contributed by atoms with Crippen molar-refractivity contribution in [1.82, 2.24) is 0 Å². The fourth-order valence-corrected chi connectivity index (χ4v) is 4.80. The van der Waals surface area contributed by atoms with Crippen LogP contribution in [0.1, 0.15) is 47.8 Å². The van der Waals surface area contributed by atoms with Crippen molar-refractivity contribution in [3.63, 3.8) is 0 Å². The van der Waals surface area contributed by atoms with Crippen molar-refractivity contribution in [1.29, 1.82) is 0 Å². The zero-order valence-electron chi connectivity index (χ0n) is 20.8. The quantitative estimate of drug-likeness (QED) is 0.267. The van der Waals surface area contributed by atoms with E-state index in [1.807, 2.05) is 36.4 Å². The molecule has 2 aromatic carbocycles. The molecule has 2 heteroatoms. The van der Waals surface area contributed by atoms with Gasteiger partial charge in [-0.3, -0.25) is 0 Å². The van der Waals surface area contributed by atoms with Gasteiger partial charge in [0.15, 0.2) is 11.4 Å². The Hall–Kier alpha value is -3.91. The smallest absolute Gasteiger partial charge is 0.186 e. The van der Waals surface area contributed by atoms with Crippen LogP contribution in [-0.4, -0.2) is 0 Å². The van der Waals surface area contributed by atoms with Gasteiger partial charge >= 0.3 is 0 Å². The number of unbranched alkanes of at least 4 members (excludes halogenated alkanes) is 1. The second-order valence-electron chi connectivity index (χ2n) is 9.17. The van der Waals surface area contributed by atoms with Gasteiger partial charge in [0.25, 0.3) is 0 Å². The molecule has 2 aromatic rings. The Morgan fingerprint density at radius 1 is 0.686 bits per heavy atom. The van der Waals surface area contributed by atoms with Crippen LogP contribution in [0.15, 0.2) is 103 Å². The second kappa shape index (κ2) is 10.1. The molecule has 2 nitrogen and oxygen atoms in total. The summed E-state index contributed by atoms with van der Waals surface area (Å²) in [6.45, 7) is 7.82. The van der Waals surface area contributed by atoms with Crippen molar-refractivity contribution in [2.75, 3.05) is 0 Å². The molecule has 0 N–H and O–H groups in total. The highest BCUT2D eigenvalue weighted by atomic mass is 16.5. The lowest BCUT2D eigenvalue weighted by molar-refractivity contribution is -0.704. The Morgan fingerprint density at radius 3 is 1.69 bits per heavy atom. The molecule has 0 atom stereocenters. The molecular weight excluding hydrogens is 426 g/mol. The van der Waals surface area contributed by atoms with E-state index in [1.54, 1.807) is 0 Å². The van der Waals surface area contributed by atoms with E-state index in [4.69, 9.17) is 4.74 Å². The molecule has 2 heterocycles. The number of allylic oxidation sites excluding steroid dienone is 3. The summed E-state index contributed by atoms with van der Waals surface area (Å²) in [7, 11) is 0. The van der Waals surface area contributed by atoms with Crippen molar-refractivity contribution in [2.45, 2.75) is 40.2 Å². The van der Waals surface area contributed by atoms with Gasteiger partial charge in [-0.2, -0.15) is 4.57 Å². The first-order valence-electron chi connectivity index (χ1n) is 12.5. The van der Waals surface area contributed by atoms with Crippen LogP contribution in [0.2, 0.25) is 0 Å². The molecular formula is C33H32NO+. The van der Waals surface area contributed by atoms with Gasteiger partial charge in [-0.15, -0.1) is 0 Å². The number of ether oxygens (including phenoxy) is 1. The Bertz CT molecular complexity index is 1300. The highest BCUT2D eigenvalue weighted by molar-refractivity contribution is 5.81. The molecule has 1 aliphatic carbocycles. The lowest BCUT2D eigenvalue weighted by atomic mass is 10.0. The Morgan fingerprint density at radius 2 is 1.20 bits per heavy atom. The Balaban J connectivity index is 1.56. The number of aromatic nitrogens is 1. The third kappa shape index (κ3) is 4.83. The van der Waals surface area contributed by atoms with E-state index < -0.39 is 0 Å². The minimum absolute atomic E-state index is 0.862. The van der Waals surface area contributed by atoms with Gasteiger partial charge in [0.1, 0.15) is 18.1 Å². The summed E-state index contributed by atoms with van der Waals surface area (Å²) in [4.78, 5) is 0. The Labute approximate surface area is 208 Å². The molecule has 0 saturated heterocycles. The third-order valence-electron chi connectivity index (χ3n) is 6.77. The summed E-state index contributed by atoms with van der Waals surface area (Å²) in [5, 5.41) is 0. The van der Waals surface area contributed by atoms with E-state index in [0.29, 0.717) is 0 Å². The molecule has 0 amide bonds. The monoisotopic (exact) mass is 458 g/mol. The van der Waals surface area contributed by atoms with Crippen LogP contribution in [0.4, 0.5) is 0 Å². The van der Waals surface area contributed by atoms with E-state index in [2.05, 4.69) is 92.1 Å². The highest BCUT2D eigenvalue weighted by Gasteiger charge is 2.24. The van der Waals surface area contributed by atoms with Gasteiger partial charge in [-0.05, 0) is 41.5 Å². The van der Waals surface area contributed by atoms with Crippen LogP contribution >= 0.6 is 0 Å². The molecule has 0 bridgehead atoms. The first-order valence-corrected chi connectivity index (χ1v) is 12.5. The minimum atomic E-state index is 0.862. The summed E-state index contributed by atoms with van der Waals surface area (Å²) < 4.78 is 8.82. The maximum absolute atomic E-state index is 6.35. The number of benzene rings is 2. The largest absolute Gasteiger partial charge is 0.456 e. The number of hydrogen-bond donors (Lipinski definition) is 0. The van der Waals surface area contributed by atoms with Crippen molar-refractivity contribution in [3.05, 3.63) is 131 Å². The van der Waals surface area contributed by atoms with Crippen LogP contribution < -0.4 is 4.57 Å². The van der Waals surface area contributed by atoms with Crippen molar-refractivity contribution >= 4 is 17.6 Å². The SMILES string of the molecule is CCCC[n+]1c(C)c2ccc(C=C3C=C(c4ccccc4)OC(c4ccccc4)=C3)ccc-2c1C.